The molecule has 2 amide bonds. The van der Waals surface area contributed by atoms with Crippen molar-refractivity contribution >= 4 is 11.8 Å². The summed E-state index contributed by atoms with van der Waals surface area (Å²) in [6.07, 6.45) is 6.44. The quantitative estimate of drug-likeness (QED) is 0.716. The second-order valence-corrected chi connectivity index (χ2v) is 6.64. The summed E-state index contributed by atoms with van der Waals surface area (Å²) in [6.45, 7) is 2.64. The van der Waals surface area contributed by atoms with Gasteiger partial charge in [0.2, 0.25) is 11.8 Å². The van der Waals surface area contributed by atoms with Crippen LogP contribution in [0.1, 0.15) is 45.4 Å². The number of nitrogens with zero attached hydrogens (tertiary/aromatic N) is 2. The van der Waals surface area contributed by atoms with Gasteiger partial charge in [0, 0.05) is 6.54 Å². The highest BCUT2D eigenvalue weighted by atomic mass is 16.5. The second-order valence-electron chi connectivity index (χ2n) is 6.64. The molecule has 0 spiro atoms. The molecule has 5 nitrogen and oxygen atoms in total. The van der Waals surface area contributed by atoms with Gasteiger partial charge < -0.3 is 14.5 Å². The summed E-state index contributed by atoms with van der Waals surface area (Å²) in [4.78, 5) is 29.1. The summed E-state index contributed by atoms with van der Waals surface area (Å²) in [5, 5.41) is 0. The van der Waals surface area contributed by atoms with Crippen molar-refractivity contribution in [2.75, 3.05) is 6.54 Å². The van der Waals surface area contributed by atoms with Gasteiger partial charge in [0.15, 0.2) is 0 Å². The maximum atomic E-state index is 12.9. The topological polar surface area (TPSA) is 49.9 Å². The van der Waals surface area contributed by atoms with Gasteiger partial charge in [0.25, 0.3) is 0 Å². The Kier molecular flexibility index (Phi) is 2.81. The molecular weight excluding hydrogens is 256 g/mol. The van der Waals surface area contributed by atoms with Gasteiger partial charge in [-0.05, 0) is 45.4 Å². The Morgan fingerprint density at radius 1 is 1.10 bits per heavy atom. The Labute approximate surface area is 119 Å². The lowest BCUT2D eigenvalue weighted by molar-refractivity contribution is -0.166. The van der Waals surface area contributed by atoms with E-state index >= 15 is 0 Å². The van der Waals surface area contributed by atoms with Crippen LogP contribution in [0.2, 0.25) is 0 Å². The fourth-order valence-corrected chi connectivity index (χ4v) is 4.53. The molecule has 0 aliphatic carbocycles. The van der Waals surface area contributed by atoms with Crippen molar-refractivity contribution in [3.63, 3.8) is 0 Å². The van der Waals surface area contributed by atoms with Crippen LogP contribution in [0.3, 0.4) is 0 Å². The molecule has 5 heteroatoms. The van der Waals surface area contributed by atoms with E-state index in [1.807, 2.05) is 16.7 Å². The van der Waals surface area contributed by atoms with Gasteiger partial charge in [0.1, 0.15) is 12.1 Å². The number of piperazine rings is 1. The fraction of sp³-hybridized carbons (Fsp3) is 0.867. The number of hydrogen-bond donors (Lipinski definition) is 0. The molecule has 0 aromatic rings. The van der Waals surface area contributed by atoms with Crippen molar-refractivity contribution in [1.82, 2.24) is 9.80 Å². The Bertz CT molecular complexity index is 452. The molecule has 0 aromatic heterocycles. The second kappa shape index (κ2) is 4.45. The van der Waals surface area contributed by atoms with Gasteiger partial charge in [-0.2, -0.15) is 0 Å². The molecule has 0 N–H and O–H groups in total. The molecule has 0 saturated carbocycles. The largest absolute Gasteiger partial charge is 0.373 e. The number of carbonyl (C=O) groups excluding carboxylic acids is 2. The van der Waals surface area contributed by atoms with Crippen LogP contribution >= 0.6 is 0 Å². The number of fused-ring (bicyclic) bond motifs is 3. The van der Waals surface area contributed by atoms with Crippen LogP contribution in [0.15, 0.2) is 0 Å². The van der Waals surface area contributed by atoms with Gasteiger partial charge in [-0.25, -0.2) is 0 Å². The summed E-state index contributed by atoms with van der Waals surface area (Å²) in [6, 6.07) is -0.388. The van der Waals surface area contributed by atoms with Gasteiger partial charge in [0.05, 0.1) is 18.2 Å². The number of piperidine rings is 1. The highest BCUT2D eigenvalue weighted by Gasteiger charge is 2.52. The number of rotatable bonds is 1. The van der Waals surface area contributed by atoms with E-state index in [-0.39, 0.29) is 36.0 Å². The van der Waals surface area contributed by atoms with Crippen molar-refractivity contribution in [1.29, 1.82) is 0 Å². The van der Waals surface area contributed by atoms with E-state index in [1.54, 1.807) is 0 Å². The predicted octanol–water partition coefficient (Wildman–Crippen LogP) is 0.918. The highest BCUT2D eigenvalue weighted by molar-refractivity contribution is 5.97. The summed E-state index contributed by atoms with van der Waals surface area (Å²) in [7, 11) is 0. The maximum absolute atomic E-state index is 12.9. The van der Waals surface area contributed by atoms with Crippen molar-refractivity contribution in [2.45, 2.75) is 75.8 Å². The molecule has 4 aliphatic rings. The molecule has 4 fully saturated rings. The monoisotopic (exact) mass is 278 g/mol. The SMILES string of the molecule is CC1C(=O)N2CCCCC2C(=O)N1C1CC2CCC1O2. The van der Waals surface area contributed by atoms with Crippen LogP contribution in [0, 0.1) is 0 Å². The molecule has 20 heavy (non-hydrogen) atoms. The molecular formula is C15H22N2O3. The van der Waals surface area contributed by atoms with Crippen LogP contribution in [0.4, 0.5) is 0 Å². The molecule has 5 atom stereocenters. The number of hydrogen-bond acceptors (Lipinski definition) is 3. The third kappa shape index (κ3) is 1.65. The highest BCUT2D eigenvalue weighted by Crippen LogP contribution is 2.40. The minimum Gasteiger partial charge on any atom is -0.373 e. The Hall–Kier alpha value is -1.10. The van der Waals surface area contributed by atoms with E-state index < -0.39 is 0 Å². The zero-order chi connectivity index (χ0) is 13.9. The Balaban J connectivity index is 1.62. The summed E-state index contributed by atoms with van der Waals surface area (Å²) >= 11 is 0. The average Bonchev–Trinajstić information content (AvgIpc) is 3.08. The first kappa shape index (κ1) is 12.6. The van der Waals surface area contributed by atoms with E-state index in [9.17, 15) is 9.59 Å². The Morgan fingerprint density at radius 3 is 2.65 bits per heavy atom. The van der Waals surface area contributed by atoms with Crippen LogP contribution in [-0.2, 0) is 14.3 Å². The standard InChI is InChI=1S/C15H22N2O3/c1-9-14(18)16-7-3-2-4-11(16)15(19)17(9)12-8-10-5-6-13(12)20-10/h9-13H,2-8H2,1H3. The molecule has 5 unspecified atom stereocenters. The normalized spacial score (nSPS) is 44.1. The van der Waals surface area contributed by atoms with Crippen molar-refractivity contribution in [3.05, 3.63) is 0 Å². The van der Waals surface area contributed by atoms with Gasteiger partial charge in [-0.3, -0.25) is 9.59 Å². The molecule has 2 bridgehead atoms. The number of amides is 2. The third-order valence-corrected chi connectivity index (χ3v) is 5.53. The average molecular weight is 278 g/mol. The zero-order valence-corrected chi connectivity index (χ0v) is 12.0. The van der Waals surface area contributed by atoms with Crippen molar-refractivity contribution in [2.24, 2.45) is 0 Å². The summed E-state index contributed by atoms with van der Waals surface area (Å²) < 4.78 is 5.89. The van der Waals surface area contributed by atoms with E-state index in [4.69, 9.17) is 4.74 Å². The van der Waals surface area contributed by atoms with Crippen LogP contribution in [0.5, 0.6) is 0 Å². The third-order valence-electron chi connectivity index (χ3n) is 5.53. The molecule has 110 valence electrons. The first-order valence-electron chi connectivity index (χ1n) is 7.95. The molecule has 4 saturated heterocycles. The van der Waals surface area contributed by atoms with Gasteiger partial charge >= 0.3 is 0 Å². The first-order chi connectivity index (χ1) is 9.66. The Morgan fingerprint density at radius 2 is 1.95 bits per heavy atom. The molecule has 0 radical (unpaired) electrons. The lowest BCUT2D eigenvalue weighted by Gasteiger charge is -2.49. The number of ether oxygens (including phenoxy) is 1. The molecule has 4 aliphatic heterocycles. The zero-order valence-electron chi connectivity index (χ0n) is 12.0. The minimum absolute atomic E-state index is 0.129. The smallest absolute Gasteiger partial charge is 0.246 e. The molecule has 0 aromatic carbocycles. The maximum Gasteiger partial charge on any atom is 0.246 e. The van der Waals surface area contributed by atoms with E-state index in [2.05, 4.69) is 0 Å². The van der Waals surface area contributed by atoms with Gasteiger partial charge in [-0.15, -0.1) is 0 Å². The summed E-state index contributed by atoms with van der Waals surface area (Å²) in [5.74, 6) is 0.301. The van der Waals surface area contributed by atoms with Crippen molar-refractivity contribution < 1.29 is 14.3 Å². The molecule has 4 rings (SSSR count). The van der Waals surface area contributed by atoms with Gasteiger partial charge in [-0.1, -0.05) is 0 Å². The lowest BCUT2D eigenvalue weighted by Crippen LogP contribution is -2.68. The van der Waals surface area contributed by atoms with E-state index in [0.717, 1.165) is 45.1 Å². The predicted molar refractivity (Wildman–Crippen MR) is 72.0 cm³/mol. The van der Waals surface area contributed by atoms with Crippen LogP contribution in [-0.4, -0.2) is 58.5 Å². The first-order valence-corrected chi connectivity index (χ1v) is 7.95. The fourth-order valence-electron chi connectivity index (χ4n) is 4.53. The molecule has 4 heterocycles. The van der Waals surface area contributed by atoms with Crippen molar-refractivity contribution in [3.8, 4) is 0 Å². The van der Waals surface area contributed by atoms with E-state index in [1.165, 1.54) is 0 Å². The summed E-state index contributed by atoms with van der Waals surface area (Å²) in [5.41, 5.74) is 0. The van der Waals surface area contributed by atoms with Crippen LogP contribution in [0.25, 0.3) is 0 Å². The minimum atomic E-state index is -0.315. The lowest BCUT2D eigenvalue weighted by atomic mass is 9.89. The van der Waals surface area contributed by atoms with E-state index in [0.29, 0.717) is 6.10 Å². The number of carbonyl (C=O) groups is 2. The van der Waals surface area contributed by atoms with Crippen LogP contribution < -0.4 is 0 Å².